The summed E-state index contributed by atoms with van der Waals surface area (Å²) in [5.74, 6) is -0.467. The zero-order valence-corrected chi connectivity index (χ0v) is 14.3. The Morgan fingerprint density at radius 2 is 2.16 bits per heavy atom. The normalized spacial score (nSPS) is 17.2. The second-order valence-corrected chi connectivity index (χ2v) is 5.95. The zero-order chi connectivity index (χ0) is 18.2. The molecule has 1 unspecified atom stereocenters. The van der Waals surface area contributed by atoms with Crippen molar-refractivity contribution >= 4 is 17.7 Å². The van der Waals surface area contributed by atoms with Gasteiger partial charge in [0.15, 0.2) is 5.78 Å². The molecular formula is C18H23NO6. The van der Waals surface area contributed by atoms with Crippen LogP contribution < -0.4 is 4.74 Å². The molecule has 0 bridgehead atoms. The van der Waals surface area contributed by atoms with Crippen molar-refractivity contribution in [2.45, 2.75) is 32.2 Å². The topological polar surface area (TPSA) is 93.1 Å². The highest BCUT2D eigenvalue weighted by molar-refractivity contribution is 5.94. The minimum atomic E-state index is -0.943. The van der Waals surface area contributed by atoms with Gasteiger partial charge in [0, 0.05) is 18.5 Å². The van der Waals surface area contributed by atoms with E-state index in [1.807, 2.05) is 0 Å². The fourth-order valence-electron chi connectivity index (χ4n) is 2.72. The second-order valence-electron chi connectivity index (χ2n) is 5.95. The first kappa shape index (κ1) is 18.9. The van der Waals surface area contributed by atoms with Gasteiger partial charge in [0.05, 0.1) is 32.3 Å². The van der Waals surface area contributed by atoms with E-state index in [2.05, 4.69) is 0 Å². The molecule has 0 radical (unpaired) electrons. The molecule has 1 N–H and O–H groups in total. The van der Waals surface area contributed by atoms with E-state index in [4.69, 9.17) is 14.6 Å². The maximum absolute atomic E-state index is 12.3. The van der Waals surface area contributed by atoms with Crippen molar-refractivity contribution < 1.29 is 29.0 Å². The summed E-state index contributed by atoms with van der Waals surface area (Å²) in [7, 11) is 0. The number of ether oxygens (including phenoxy) is 2. The van der Waals surface area contributed by atoms with Crippen LogP contribution in [-0.2, 0) is 14.3 Å². The first-order chi connectivity index (χ1) is 12.0. The number of nitrogens with zero attached hydrogens (tertiary/aromatic N) is 1. The Morgan fingerprint density at radius 1 is 1.36 bits per heavy atom. The van der Waals surface area contributed by atoms with Gasteiger partial charge in [-0.2, -0.15) is 0 Å². The molecule has 1 aromatic carbocycles. The lowest BCUT2D eigenvalue weighted by atomic mass is 10.1. The number of carboxylic acids is 1. The predicted molar refractivity (Wildman–Crippen MR) is 89.7 cm³/mol. The average Bonchev–Trinajstić information content (AvgIpc) is 2.58. The molecule has 1 fully saturated rings. The number of morpholine rings is 1. The third-order valence-corrected chi connectivity index (χ3v) is 4.00. The Morgan fingerprint density at radius 3 is 2.88 bits per heavy atom. The Bertz CT molecular complexity index is 630. The molecule has 136 valence electrons. The van der Waals surface area contributed by atoms with Crippen LogP contribution in [0.4, 0.5) is 0 Å². The van der Waals surface area contributed by atoms with Crippen LogP contribution in [0.2, 0.25) is 0 Å². The van der Waals surface area contributed by atoms with Gasteiger partial charge in [0.25, 0.3) is 0 Å². The van der Waals surface area contributed by atoms with Crippen molar-refractivity contribution in [1.82, 2.24) is 4.90 Å². The monoisotopic (exact) mass is 349 g/mol. The van der Waals surface area contributed by atoms with Crippen LogP contribution in [0, 0.1) is 0 Å². The van der Waals surface area contributed by atoms with E-state index in [1.54, 1.807) is 29.2 Å². The summed E-state index contributed by atoms with van der Waals surface area (Å²) < 4.78 is 10.9. The van der Waals surface area contributed by atoms with Crippen molar-refractivity contribution in [3.05, 3.63) is 29.8 Å². The number of aliphatic carboxylic acids is 1. The maximum Gasteiger partial charge on any atom is 0.305 e. The highest BCUT2D eigenvalue weighted by Crippen LogP contribution is 2.16. The standard InChI is InChI=1S/C18H23NO6/c1-13(20)14-4-2-5-16(10-14)25-8-3-6-17(21)19-7-9-24-12-15(19)11-18(22)23/h2,4-5,10,15H,3,6-9,11-12H2,1H3,(H,22,23). The van der Waals surface area contributed by atoms with E-state index in [0.29, 0.717) is 37.5 Å². The van der Waals surface area contributed by atoms with E-state index in [9.17, 15) is 14.4 Å². The largest absolute Gasteiger partial charge is 0.494 e. The van der Waals surface area contributed by atoms with Crippen molar-refractivity contribution in [1.29, 1.82) is 0 Å². The molecule has 7 nitrogen and oxygen atoms in total. The van der Waals surface area contributed by atoms with Gasteiger partial charge in [-0.3, -0.25) is 14.4 Å². The number of benzene rings is 1. The van der Waals surface area contributed by atoms with Crippen LogP contribution in [0.3, 0.4) is 0 Å². The molecule has 0 aromatic heterocycles. The Labute approximate surface area is 146 Å². The number of carboxylic acid groups (broad SMARTS) is 1. The van der Waals surface area contributed by atoms with Gasteiger partial charge in [-0.15, -0.1) is 0 Å². The Hall–Kier alpha value is -2.41. The van der Waals surface area contributed by atoms with Crippen molar-refractivity contribution in [2.75, 3.05) is 26.4 Å². The first-order valence-corrected chi connectivity index (χ1v) is 8.30. The molecule has 25 heavy (non-hydrogen) atoms. The molecule has 7 heteroatoms. The summed E-state index contributed by atoms with van der Waals surface area (Å²) in [5.41, 5.74) is 0.582. The molecule has 1 amide bonds. The van der Waals surface area contributed by atoms with Crippen LogP contribution in [0.25, 0.3) is 0 Å². The summed E-state index contributed by atoms with van der Waals surface area (Å²) in [5, 5.41) is 8.93. The highest BCUT2D eigenvalue weighted by Gasteiger charge is 2.28. The molecule has 0 saturated carbocycles. The second kappa shape index (κ2) is 9.17. The fraction of sp³-hybridized carbons (Fsp3) is 0.500. The number of amides is 1. The lowest BCUT2D eigenvalue weighted by Gasteiger charge is -2.34. The molecule has 0 aliphatic carbocycles. The van der Waals surface area contributed by atoms with Crippen LogP contribution in [-0.4, -0.2) is 60.1 Å². The molecular weight excluding hydrogens is 326 g/mol. The van der Waals surface area contributed by atoms with Crippen LogP contribution in [0.15, 0.2) is 24.3 Å². The minimum Gasteiger partial charge on any atom is -0.494 e. The molecule has 1 saturated heterocycles. The fourth-order valence-corrected chi connectivity index (χ4v) is 2.72. The van der Waals surface area contributed by atoms with Gasteiger partial charge < -0.3 is 19.5 Å². The van der Waals surface area contributed by atoms with Gasteiger partial charge in [0.2, 0.25) is 5.91 Å². The van der Waals surface area contributed by atoms with E-state index in [0.717, 1.165) is 0 Å². The third-order valence-electron chi connectivity index (χ3n) is 4.00. The van der Waals surface area contributed by atoms with E-state index in [-0.39, 0.29) is 31.1 Å². The summed E-state index contributed by atoms with van der Waals surface area (Å²) in [4.78, 5) is 36.1. The van der Waals surface area contributed by atoms with Gasteiger partial charge in [-0.25, -0.2) is 0 Å². The maximum atomic E-state index is 12.3. The van der Waals surface area contributed by atoms with Crippen molar-refractivity contribution in [2.24, 2.45) is 0 Å². The van der Waals surface area contributed by atoms with Crippen LogP contribution in [0.5, 0.6) is 5.75 Å². The molecule has 1 heterocycles. The summed E-state index contributed by atoms with van der Waals surface area (Å²) in [6.07, 6.45) is 0.683. The third kappa shape index (κ3) is 5.86. The number of carbonyl (C=O) groups excluding carboxylic acids is 2. The van der Waals surface area contributed by atoms with Gasteiger partial charge in [-0.05, 0) is 25.5 Å². The molecule has 1 aliphatic heterocycles. The zero-order valence-electron chi connectivity index (χ0n) is 14.3. The number of hydrogen-bond donors (Lipinski definition) is 1. The number of hydrogen-bond acceptors (Lipinski definition) is 5. The molecule has 1 atom stereocenters. The van der Waals surface area contributed by atoms with Gasteiger partial charge in [0.1, 0.15) is 5.75 Å². The Kier molecular flexibility index (Phi) is 6.94. The first-order valence-electron chi connectivity index (χ1n) is 8.30. The summed E-state index contributed by atoms with van der Waals surface area (Å²) in [6.45, 7) is 2.94. The molecule has 0 spiro atoms. The quantitative estimate of drug-likeness (QED) is 0.568. The summed E-state index contributed by atoms with van der Waals surface area (Å²) >= 11 is 0. The predicted octanol–water partition coefficient (Wildman–Crippen LogP) is 1.75. The SMILES string of the molecule is CC(=O)c1cccc(OCCCC(=O)N2CCOCC2CC(=O)O)c1. The van der Waals surface area contributed by atoms with Crippen LogP contribution in [0.1, 0.15) is 36.5 Å². The number of rotatable bonds is 8. The number of Topliss-reactive ketones (excluding diaryl/α,β-unsaturated/α-hetero) is 1. The molecule has 1 aromatic rings. The number of ketones is 1. The highest BCUT2D eigenvalue weighted by atomic mass is 16.5. The van der Waals surface area contributed by atoms with Crippen LogP contribution >= 0.6 is 0 Å². The smallest absolute Gasteiger partial charge is 0.305 e. The average molecular weight is 349 g/mol. The van der Waals surface area contributed by atoms with Gasteiger partial charge >= 0.3 is 5.97 Å². The lowest BCUT2D eigenvalue weighted by Crippen LogP contribution is -2.49. The number of carbonyl (C=O) groups is 3. The minimum absolute atomic E-state index is 0.0302. The molecule has 2 rings (SSSR count). The van der Waals surface area contributed by atoms with Crippen molar-refractivity contribution in [3.63, 3.8) is 0 Å². The van der Waals surface area contributed by atoms with E-state index in [1.165, 1.54) is 6.92 Å². The summed E-state index contributed by atoms with van der Waals surface area (Å²) in [6, 6.07) is 6.50. The molecule has 1 aliphatic rings. The van der Waals surface area contributed by atoms with Crippen molar-refractivity contribution in [3.8, 4) is 5.75 Å². The Balaban J connectivity index is 1.78. The lowest BCUT2D eigenvalue weighted by molar-refractivity contribution is -0.146. The van der Waals surface area contributed by atoms with E-state index >= 15 is 0 Å². The van der Waals surface area contributed by atoms with E-state index < -0.39 is 12.0 Å². The van der Waals surface area contributed by atoms with Gasteiger partial charge in [-0.1, -0.05) is 12.1 Å².